The van der Waals surface area contributed by atoms with Crippen LogP contribution in [-0.4, -0.2) is 68.2 Å². The predicted molar refractivity (Wildman–Crippen MR) is 272 cm³/mol. The Balaban J connectivity index is 2.60. The van der Waals surface area contributed by atoms with Crippen LogP contribution in [0.15, 0.2) is 47.6 Å². The Morgan fingerprint density at radius 3 is 1.77 bits per heavy atom. The van der Waals surface area contributed by atoms with Crippen LogP contribution in [0.5, 0.6) is 0 Å². The SMILES string of the molecule is CCCCC/C=C\C/C=C\CCCCCCCC(=O)OCC(CCCC(=O)CCCN1CCCC1)COC(=O)CCC(CCCC(C)CCC=C(C)C)OCCC(C)CCC=C(C)C. The standard InChI is InChI=1S/C57H101NO6/c1-8-9-10-11-12-13-14-15-16-17-18-19-20-21-22-39-56(60)63-47-53(35-28-36-54(59)37-29-45-58-43-23-24-44-58)48-64-57(61)41-40-55(38-27-34-51(6)32-25-30-49(2)3)62-46-42-52(7)33-26-31-50(4)5/h12-13,15-16,30-31,51-53,55H,8-11,14,17-29,32-48H2,1-7H3/b13-12-,16-15-. The van der Waals surface area contributed by atoms with E-state index in [9.17, 15) is 14.4 Å². The highest BCUT2D eigenvalue weighted by Gasteiger charge is 2.19. The molecule has 370 valence electrons. The van der Waals surface area contributed by atoms with Gasteiger partial charge in [0.15, 0.2) is 0 Å². The fourth-order valence-corrected chi connectivity index (χ4v) is 8.40. The van der Waals surface area contributed by atoms with Gasteiger partial charge < -0.3 is 19.1 Å². The summed E-state index contributed by atoms with van der Waals surface area (Å²) in [5.41, 5.74) is 2.75. The topological polar surface area (TPSA) is 82.1 Å². The molecule has 4 unspecified atom stereocenters. The van der Waals surface area contributed by atoms with E-state index in [0.29, 0.717) is 69.2 Å². The third kappa shape index (κ3) is 38.7. The number of Topliss-reactive ketones (excluding diaryl/α,β-unsaturated/α-hetero) is 1. The molecule has 0 aromatic carbocycles. The first kappa shape index (κ1) is 59.5. The highest BCUT2D eigenvalue weighted by Crippen LogP contribution is 2.21. The molecule has 0 aromatic heterocycles. The van der Waals surface area contributed by atoms with Gasteiger partial charge in [-0.05, 0) is 175 Å². The first-order valence-electron chi connectivity index (χ1n) is 26.7. The first-order valence-corrected chi connectivity index (χ1v) is 26.7. The number of carbonyl (C=O) groups is 3. The minimum atomic E-state index is -0.224. The summed E-state index contributed by atoms with van der Waals surface area (Å²) in [6.45, 7) is 20.0. The molecular weight excluding hydrogens is 795 g/mol. The van der Waals surface area contributed by atoms with Crippen LogP contribution in [0.2, 0.25) is 0 Å². The highest BCUT2D eigenvalue weighted by molar-refractivity contribution is 5.78. The van der Waals surface area contributed by atoms with E-state index >= 15 is 0 Å². The maximum absolute atomic E-state index is 13.2. The fourth-order valence-electron chi connectivity index (χ4n) is 8.40. The highest BCUT2D eigenvalue weighted by atomic mass is 16.5. The summed E-state index contributed by atoms with van der Waals surface area (Å²) < 4.78 is 18.1. The lowest BCUT2D eigenvalue weighted by atomic mass is 9.96. The summed E-state index contributed by atoms with van der Waals surface area (Å²) >= 11 is 0. The molecule has 0 radical (unpaired) electrons. The van der Waals surface area contributed by atoms with Crippen molar-refractivity contribution in [3.63, 3.8) is 0 Å². The van der Waals surface area contributed by atoms with Gasteiger partial charge in [-0.3, -0.25) is 14.4 Å². The molecule has 7 nitrogen and oxygen atoms in total. The zero-order valence-electron chi connectivity index (χ0n) is 42.9. The number of rotatable bonds is 43. The van der Waals surface area contributed by atoms with Gasteiger partial charge in [0, 0.05) is 38.2 Å². The van der Waals surface area contributed by atoms with Gasteiger partial charge in [0.05, 0.1) is 19.3 Å². The van der Waals surface area contributed by atoms with Crippen LogP contribution in [0.4, 0.5) is 0 Å². The zero-order chi connectivity index (χ0) is 46.9. The molecule has 0 amide bonds. The van der Waals surface area contributed by atoms with Gasteiger partial charge in [-0.15, -0.1) is 0 Å². The molecule has 0 N–H and O–H groups in total. The summed E-state index contributed by atoms with van der Waals surface area (Å²) in [7, 11) is 0. The van der Waals surface area contributed by atoms with Crippen molar-refractivity contribution in [2.24, 2.45) is 17.8 Å². The Morgan fingerprint density at radius 1 is 0.547 bits per heavy atom. The molecule has 4 atom stereocenters. The minimum Gasteiger partial charge on any atom is -0.465 e. The number of ketones is 1. The van der Waals surface area contributed by atoms with Crippen LogP contribution in [0.1, 0.15) is 235 Å². The number of hydrogen-bond donors (Lipinski definition) is 0. The summed E-state index contributed by atoms with van der Waals surface area (Å²) in [4.78, 5) is 41.2. The van der Waals surface area contributed by atoms with E-state index in [4.69, 9.17) is 14.2 Å². The van der Waals surface area contributed by atoms with E-state index in [1.807, 2.05) is 0 Å². The maximum atomic E-state index is 13.2. The lowest BCUT2D eigenvalue weighted by Gasteiger charge is -2.21. The molecule has 1 aliphatic heterocycles. The number of likely N-dealkylation sites (tertiary alicyclic amines) is 1. The average molecular weight is 896 g/mol. The Bertz CT molecular complexity index is 1240. The molecule has 0 aromatic rings. The molecule has 1 rings (SSSR count). The van der Waals surface area contributed by atoms with Gasteiger partial charge in [-0.1, -0.05) is 113 Å². The Morgan fingerprint density at radius 2 is 1.12 bits per heavy atom. The molecule has 1 aliphatic rings. The second kappa shape index (κ2) is 41.9. The third-order valence-electron chi connectivity index (χ3n) is 12.8. The van der Waals surface area contributed by atoms with Gasteiger partial charge in [0.2, 0.25) is 0 Å². The molecule has 0 aliphatic carbocycles. The molecule has 1 fully saturated rings. The number of allylic oxidation sites excluding steroid dienone is 8. The van der Waals surface area contributed by atoms with Crippen LogP contribution < -0.4 is 0 Å². The molecular formula is C57H101NO6. The van der Waals surface area contributed by atoms with Crippen molar-refractivity contribution in [2.45, 2.75) is 241 Å². The molecule has 0 spiro atoms. The lowest BCUT2D eigenvalue weighted by Crippen LogP contribution is -2.23. The number of hydrogen-bond acceptors (Lipinski definition) is 7. The summed E-state index contributed by atoms with van der Waals surface area (Å²) in [6, 6.07) is 0. The fraction of sp³-hybridized carbons (Fsp3) is 0.807. The largest absolute Gasteiger partial charge is 0.465 e. The van der Waals surface area contributed by atoms with Gasteiger partial charge in [-0.2, -0.15) is 0 Å². The monoisotopic (exact) mass is 896 g/mol. The van der Waals surface area contributed by atoms with E-state index in [2.05, 4.69) is 89.8 Å². The number of ether oxygens (including phenoxy) is 3. The number of carbonyl (C=O) groups excluding carboxylic acids is 3. The van der Waals surface area contributed by atoms with Crippen molar-refractivity contribution in [1.29, 1.82) is 0 Å². The van der Waals surface area contributed by atoms with Crippen LogP contribution in [0.25, 0.3) is 0 Å². The first-order chi connectivity index (χ1) is 31.0. The zero-order valence-corrected chi connectivity index (χ0v) is 42.9. The predicted octanol–water partition coefficient (Wildman–Crippen LogP) is 15.6. The lowest BCUT2D eigenvalue weighted by molar-refractivity contribution is -0.150. The van der Waals surface area contributed by atoms with Gasteiger partial charge in [0.25, 0.3) is 0 Å². The Labute approximate surface area is 395 Å². The smallest absolute Gasteiger partial charge is 0.305 e. The number of esters is 2. The molecule has 0 saturated carbocycles. The summed E-state index contributed by atoms with van der Waals surface area (Å²) in [5, 5.41) is 0. The van der Waals surface area contributed by atoms with E-state index in [-0.39, 0.29) is 37.2 Å². The molecule has 7 heteroatoms. The van der Waals surface area contributed by atoms with Crippen molar-refractivity contribution in [3.8, 4) is 0 Å². The quantitative estimate of drug-likeness (QED) is 0.0342. The molecule has 64 heavy (non-hydrogen) atoms. The van der Waals surface area contributed by atoms with E-state index in [1.165, 1.54) is 68.9 Å². The normalized spacial score (nSPS) is 15.0. The Hall–Kier alpha value is -2.51. The van der Waals surface area contributed by atoms with Crippen molar-refractivity contribution >= 4 is 17.7 Å². The minimum absolute atomic E-state index is 0.0324. The van der Waals surface area contributed by atoms with Crippen LogP contribution >= 0.6 is 0 Å². The van der Waals surface area contributed by atoms with E-state index in [1.54, 1.807) is 0 Å². The van der Waals surface area contributed by atoms with E-state index in [0.717, 1.165) is 103 Å². The van der Waals surface area contributed by atoms with Crippen LogP contribution in [0, 0.1) is 17.8 Å². The van der Waals surface area contributed by atoms with Crippen molar-refractivity contribution in [3.05, 3.63) is 47.6 Å². The van der Waals surface area contributed by atoms with Crippen molar-refractivity contribution < 1.29 is 28.6 Å². The van der Waals surface area contributed by atoms with Gasteiger partial charge in [-0.25, -0.2) is 0 Å². The molecule has 1 saturated heterocycles. The maximum Gasteiger partial charge on any atom is 0.305 e. The second-order valence-corrected chi connectivity index (χ2v) is 20.0. The number of nitrogens with zero attached hydrogens (tertiary/aromatic N) is 1. The van der Waals surface area contributed by atoms with Gasteiger partial charge >= 0.3 is 11.9 Å². The van der Waals surface area contributed by atoms with E-state index < -0.39 is 0 Å². The molecule has 1 heterocycles. The second-order valence-electron chi connectivity index (χ2n) is 20.0. The summed E-state index contributed by atoms with van der Waals surface area (Å²) in [5.74, 6) is 1.02. The van der Waals surface area contributed by atoms with Crippen LogP contribution in [-0.2, 0) is 28.6 Å². The Kier molecular flexibility index (Phi) is 38.9. The summed E-state index contributed by atoms with van der Waals surface area (Å²) in [6.07, 6.45) is 42.6. The van der Waals surface area contributed by atoms with Gasteiger partial charge in [0.1, 0.15) is 5.78 Å². The average Bonchev–Trinajstić information content (AvgIpc) is 3.78. The van der Waals surface area contributed by atoms with Crippen molar-refractivity contribution in [1.82, 2.24) is 4.90 Å². The third-order valence-corrected chi connectivity index (χ3v) is 12.8. The number of unbranched alkanes of at least 4 members (excludes halogenated alkanes) is 8. The molecule has 0 bridgehead atoms. The van der Waals surface area contributed by atoms with Crippen molar-refractivity contribution in [2.75, 3.05) is 39.5 Å². The van der Waals surface area contributed by atoms with Crippen LogP contribution in [0.3, 0.4) is 0 Å².